The Bertz CT molecular complexity index is 1130. The fourth-order valence-electron chi connectivity index (χ4n) is 2.71. The molecule has 1 N–H and O–H groups in total. The van der Waals surface area contributed by atoms with Gasteiger partial charge >= 0.3 is 0 Å². The number of rotatable bonds is 8. The van der Waals surface area contributed by atoms with Gasteiger partial charge in [0.05, 0.1) is 23.4 Å². The lowest BCUT2D eigenvalue weighted by molar-refractivity contribution is -0.119. The Hall–Kier alpha value is -3.17. The van der Waals surface area contributed by atoms with Gasteiger partial charge in [-0.25, -0.2) is 13.8 Å². The Labute approximate surface area is 179 Å². The van der Waals surface area contributed by atoms with Crippen molar-refractivity contribution in [2.24, 2.45) is 5.10 Å². The van der Waals surface area contributed by atoms with Gasteiger partial charge in [0.2, 0.25) is 0 Å². The third kappa shape index (κ3) is 4.87. The number of sulfonamides is 1. The number of amides is 1. The van der Waals surface area contributed by atoms with E-state index in [0.717, 1.165) is 9.18 Å². The van der Waals surface area contributed by atoms with Crippen LogP contribution in [0.4, 0.5) is 5.69 Å². The van der Waals surface area contributed by atoms with E-state index < -0.39 is 22.5 Å². The van der Waals surface area contributed by atoms with E-state index in [1.54, 1.807) is 49.4 Å². The van der Waals surface area contributed by atoms with Gasteiger partial charge in [0, 0.05) is 4.88 Å². The second-order valence-electron chi connectivity index (χ2n) is 6.21. The van der Waals surface area contributed by atoms with E-state index in [4.69, 9.17) is 4.74 Å². The highest BCUT2D eigenvalue weighted by atomic mass is 32.2. The highest BCUT2D eigenvalue weighted by Crippen LogP contribution is 2.32. The zero-order valence-corrected chi connectivity index (χ0v) is 18.1. The number of hydrogen-bond acceptors (Lipinski definition) is 6. The Morgan fingerprint density at radius 2 is 1.77 bits per heavy atom. The zero-order valence-electron chi connectivity index (χ0n) is 16.5. The predicted molar refractivity (Wildman–Crippen MR) is 119 cm³/mol. The van der Waals surface area contributed by atoms with Crippen LogP contribution < -0.4 is 14.5 Å². The summed E-state index contributed by atoms with van der Waals surface area (Å²) < 4.78 is 33.0. The summed E-state index contributed by atoms with van der Waals surface area (Å²) in [4.78, 5) is 13.6. The number of thiophene rings is 1. The molecule has 0 atom stereocenters. The van der Waals surface area contributed by atoms with E-state index in [1.165, 1.54) is 30.6 Å². The number of benzene rings is 2. The van der Waals surface area contributed by atoms with Crippen molar-refractivity contribution in [3.8, 4) is 5.75 Å². The maximum Gasteiger partial charge on any atom is 0.264 e. The molecule has 3 aromatic rings. The Kier molecular flexibility index (Phi) is 6.86. The molecule has 30 heavy (non-hydrogen) atoms. The molecule has 156 valence electrons. The first-order valence-corrected chi connectivity index (χ1v) is 11.3. The predicted octanol–water partition coefficient (Wildman–Crippen LogP) is 3.49. The lowest BCUT2D eigenvalue weighted by Gasteiger charge is -2.25. The summed E-state index contributed by atoms with van der Waals surface area (Å²) in [5.74, 6) is -0.237. The zero-order chi connectivity index (χ0) is 21.6. The lowest BCUT2D eigenvalue weighted by Crippen LogP contribution is -2.40. The molecular formula is C21H21N3O4S2. The number of hydrogen-bond donors (Lipinski definition) is 1. The summed E-state index contributed by atoms with van der Waals surface area (Å²) in [5.41, 5.74) is 3.34. The molecular weight excluding hydrogens is 422 g/mol. The molecule has 0 aliphatic heterocycles. The fraction of sp³-hybridized carbons (Fsp3) is 0.143. The van der Waals surface area contributed by atoms with Gasteiger partial charge < -0.3 is 4.74 Å². The summed E-state index contributed by atoms with van der Waals surface area (Å²) in [5, 5.41) is 5.99. The normalized spacial score (nSPS) is 11.7. The summed E-state index contributed by atoms with van der Waals surface area (Å²) in [6.07, 6.45) is 0. The average molecular weight is 444 g/mol. The molecule has 0 fully saturated rings. The molecule has 0 aliphatic rings. The van der Waals surface area contributed by atoms with Gasteiger partial charge in [0.15, 0.2) is 0 Å². The average Bonchev–Trinajstić information content (AvgIpc) is 3.31. The van der Waals surface area contributed by atoms with Crippen LogP contribution in [0.3, 0.4) is 0 Å². The molecule has 0 radical (unpaired) electrons. The van der Waals surface area contributed by atoms with Crippen LogP contribution in [0.2, 0.25) is 0 Å². The minimum absolute atomic E-state index is 0.0713. The van der Waals surface area contributed by atoms with Crippen LogP contribution in [0, 0.1) is 0 Å². The van der Waals surface area contributed by atoms with Crippen LogP contribution in [0.5, 0.6) is 5.75 Å². The molecule has 0 unspecified atom stereocenters. The number of carbonyl (C=O) groups excluding carboxylic acids is 1. The Morgan fingerprint density at radius 3 is 2.43 bits per heavy atom. The van der Waals surface area contributed by atoms with Crippen molar-refractivity contribution in [3.05, 3.63) is 77.0 Å². The highest BCUT2D eigenvalue weighted by molar-refractivity contribution is 7.92. The van der Waals surface area contributed by atoms with E-state index in [1.807, 2.05) is 17.5 Å². The van der Waals surface area contributed by atoms with Gasteiger partial charge in [-0.15, -0.1) is 11.3 Å². The second-order valence-corrected chi connectivity index (χ2v) is 9.02. The van der Waals surface area contributed by atoms with E-state index in [2.05, 4.69) is 10.5 Å². The van der Waals surface area contributed by atoms with Crippen molar-refractivity contribution in [1.82, 2.24) is 5.43 Å². The summed E-state index contributed by atoms with van der Waals surface area (Å²) in [6, 6.07) is 18.3. The van der Waals surface area contributed by atoms with Crippen LogP contribution >= 0.6 is 11.3 Å². The number of carbonyl (C=O) groups is 1. The largest absolute Gasteiger partial charge is 0.495 e. The smallest absolute Gasteiger partial charge is 0.264 e. The van der Waals surface area contributed by atoms with Crippen LogP contribution in [-0.4, -0.2) is 33.7 Å². The SMILES string of the molecule is COc1ccccc1N(CC(=O)NN=C(C)c1cccs1)S(=O)(=O)c1ccccc1. The molecule has 0 spiro atoms. The molecule has 7 nitrogen and oxygen atoms in total. The molecule has 9 heteroatoms. The number of nitrogens with zero attached hydrogens (tertiary/aromatic N) is 2. The summed E-state index contributed by atoms with van der Waals surface area (Å²) >= 11 is 1.50. The van der Waals surface area contributed by atoms with Gasteiger partial charge in [-0.2, -0.15) is 5.10 Å². The lowest BCUT2D eigenvalue weighted by atomic mass is 10.3. The number of para-hydroxylation sites is 2. The molecule has 0 saturated heterocycles. The maximum absolute atomic E-state index is 13.3. The van der Waals surface area contributed by atoms with Gasteiger partial charge in [0.25, 0.3) is 15.9 Å². The summed E-state index contributed by atoms with van der Waals surface area (Å²) in [6.45, 7) is 1.31. The first-order valence-electron chi connectivity index (χ1n) is 9.01. The van der Waals surface area contributed by atoms with Crippen molar-refractivity contribution in [2.45, 2.75) is 11.8 Å². The monoisotopic (exact) mass is 443 g/mol. The number of methoxy groups -OCH3 is 1. The minimum atomic E-state index is -4.02. The number of hydrazone groups is 1. The number of nitrogens with one attached hydrogen (secondary N) is 1. The van der Waals surface area contributed by atoms with Crippen molar-refractivity contribution < 1.29 is 17.9 Å². The topological polar surface area (TPSA) is 88.1 Å². The molecule has 0 saturated carbocycles. The molecule has 2 aromatic carbocycles. The van der Waals surface area contributed by atoms with Crippen molar-refractivity contribution in [1.29, 1.82) is 0 Å². The number of anilines is 1. The third-order valence-corrected chi connectivity index (χ3v) is 6.95. The van der Waals surface area contributed by atoms with Gasteiger partial charge in [-0.1, -0.05) is 36.4 Å². The fourth-order valence-corrected chi connectivity index (χ4v) is 4.84. The molecule has 1 heterocycles. The molecule has 0 aliphatic carbocycles. The first-order chi connectivity index (χ1) is 14.4. The second kappa shape index (κ2) is 9.55. The van der Waals surface area contributed by atoms with Crippen molar-refractivity contribution in [3.63, 3.8) is 0 Å². The molecule has 1 aromatic heterocycles. The van der Waals surface area contributed by atoms with E-state index in [0.29, 0.717) is 11.5 Å². The van der Waals surface area contributed by atoms with Crippen LogP contribution in [-0.2, 0) is 14.8 Å². The molecule has 0 bridgehead atoms. The van der Waals surface area contributed by atoms with Gasteiger partial charge in [-0.05, 0) is 42.6 Å². The third-order valence-electron chi connectivity index (χ3n) is 4.20. The highest BCUT2D eigenvalue weighted by Gasteiger charge is 2.29. The van der Waals surface area contributed by atoms with Crippen molar-refractivity contribution in [2.75, 3.05) is 18.0 Å². The minimum Gasteiger partial charge on any atom is -0.495 e. The van der Waals surface area contributed by atoms with E-state index >= 15 is 0 Å². The van der Waals surface area contributed by atoms with E-state index in [9.17, 15) is 13.2 Å². The molecule has 1 amide bonds. The van der Waals surface area contributed by atoms with Gasteiger partial charge in [-0.3, -0.25) is 9.10 Å². The van der Waals surface area contributed by atoms with Crippen LogP contribution in [0.25, 0.3) is 0 Å². The number of ether oxygens (including phenoxy) is 1. The Balaban J connectivity index is 1.92. The van der Waals surface area contributed by atoms with Crippen molar-refractivity contribution >= 4 is 38.7 Å². The van der Waals surface area contributed by atoms with Gasteiger partial charge in [0.1, 0.15) is 12.3 Å². The quantitative estimate of drug-likeness (QED) is 0.426. The Morgan fingerprint density at radius 1 is 1.07 bits per heavy atom. The standard InChI is InChI=1S/C21H21N3O4S2/c1-16(20-13-8-14-29-20)22-23-21(25)15-24(18-11-6-7-12-19(18)28-2)30(26,27)17-9-4-3-5-10-17/h3-14H,15H2,1-2H3,(H,23,25). The summed E-state index contributed by atoms with van der Waals surface area (Å²) in [7, 11) is -2.57. The molecule has 3 rings (SSSR count). The van der Waals surface area contributed by atoms with E-state index in [-0.39, 0.29) is 10.6 Å². The maximum atomic E-state index is 13.3. The van der Waals surface area contributed by atoms with Crippen LogP contribution in [0.1, 0.15) is 11.8 Å². The first kappa shape index (κ1) is 21.5. The van der Waals surface area contributed by atoms with Crippen LogP contribution in [0.15, 0.2) is 82.1 Å².